The number of nitrogens with zero attached hydrogens (tertiary/aromatic N) is 1. The Kier molecular flexibility index (Phi) is 3.93. The predicted octanol–water partition coefficient (Wildman–Crippen LogP) is 3.63. The average molecular weight is 311 g/mol. The molecule has 0 saturated carbocycles. The van der Waals surface area contributed by atoms with Crippen LogP contribution in [-0.4, -0.2) is 31.4 Å². The quantitative estimate of drug-likeness (QED) is 0.797. The van der Waals surface area contributed by atoms with Crippen molar-refractivity contribution in [3.05, 3.63) is 42.5 Å². The van der Waals surface area contributed by atoms with E-state index in [1.807, 2.05) is 30.3 Å². The first-order chi connectivity index (χ1) is 11.2. The molecule has 5 nitrogen and oxygen atoms in total. The van der Waals surface area contributed by atoms with Gasteiger partial charge in [0.2, 0.25) is 5.75 Å². The lowest BCUT2D eigenvalue weighted by atomic mass is 10.1. The van der Waals surface area contributed by atoms with E-state index in [1.54, 1.807) is 33.5 Å². The molecule has 0 aliphatic heterocycles. The summed E-state index contributed by atoms with van der Waals surface area (Å²) in [6.07, 6.45) is 0. The van der Waals surface area contributed by atoms with Crippen LogP contribution in [0.4, 0.5) is 0 Å². The first kappa shape index (κ1) is 15.0. The molecule has 23 heavy (non-hydrogen) atoms. The van der Waals surface area contributed by atoms with Gasteiger partial charge in [0, 0.05) is 10.9 Å². The highest BCUT2D eigenvalue weighted by atomic mass is 16.5. The smallest absolute Gasteiger partial charge is 0.203 e. The van der Waals surface area contributed by atoms with Gasteiger partial charge in [-0.2, -0.15) is 0 Å². The van der Waals surface area contributed by atoms with E-state index in [1.165, 1.54) is 0 Å². The summed E-state index contributed by atoms with van der Waals surface area (Å²) in [5.74, 6) is 1.79. The topological polar surface area (TPSA) is 60.8 Å². The van der Waals surface area contributed by atoms with Crippen LogP contribution in [0.5, 0.6) is 23.0 Å². The zero-order valence-electron chi connectivity index (χ0n) is 13.2. The zero-order valence-corrected chi connectivity index (χ0v) is 13.2. The second-order valence-electron chi connectivity index (χ2n) is 4.96. The normalized spacial score (nSPS) is 10.6. The Bertz CT molecular complexity index is 836. The van der Waals surface area contributed by atoms with Crippen molar-refractivity contribution in [2.45, 2.75) is 0 Å². The number of aromatic nitrogens is 1. The molecule has 0 spiro atoms. The molecule has 0 radical (unpaired) electrons. The molecule has 3 aromatic rings. The van der Waals surface area contributed by atoms with Crippen LogP contribution >= 0.6 is 0 Å². The van der Waals surface area contributed by atoms with Gasteiger partial charge in [0.15, 0.2) is 11.5 Å². The summed E-state index contributed by atoms with van der Waals surface area (Å²) in [6, 6.07) is 12.8. The number of para-hydroxylation sites is 1. The third kappa shape index (κ3) is 2.61. The van der Waals surface area contributed by atoms with Gasteiger partial charge in [-0.3, -0.25) is 0 Å². The monoisotopic (exact) mass is 311 g/mol. The van der Waals surface area contributed by atoms with E-state index < -0.39 is 0 Å². The minimum atomic E-state index is 0.150. The standard InChI is InChI=1S/C18H17NO4/c1-21-15-9-12(10-16(22-2)18(15)23-3)13-8-7-11-5-4-6-14(20)17(11)19-13/h4-10,20H,1-3H3. The van der Waals surface area contributed by atoms with E-state index in [2.05, 4.69) is 4.98 Å². The van der Waals surface area contributed by atoms with Crippen molar-refractivity contribution in [2.24, 2.45) is 0 Å². The first-order valence-electron chi connectivity index (χ1n) is 7.07. The van der Waals surface area contributed by atoms with Crippen molar-refractivity contribution in [3.8, 4) is 34.3 Å². The maximum Gasteiger partial charge on any atom is 0.203 e. The highest BCUT2D eigenvalue weighted by Crippen LogP contribution is 2.41. The Morgan fingerprint density at radius 3 is 2.17 bits per heavy atom. The number of benzene rings is 2. The summed E-state index contributed by atoms with van der Waals surface area (Å²) >= 11 is 0. The van der Waals surface area contributed by atoms with Gasteiger partial charge in [0.25, 0.3) is 0 Å². The lowest BCUT2D eigenvalue weighted by Gasteiger charge is -2.14. The van der Waals surface area contributed by atoms with E-state index in [0.717, 1.165) is 10.9 Å². The summed E-state index contributed by atoms with van der Waals surface area (Å²) in [5.41, 5.74) is 2.07. The summed E-state index contributed by atoms with van der Waals surface area (Å²) in [7, 11) is 4.70. The van der Waals surface area contributed by atoms with Gasteiger partial charge in [-0.05, 0) is 24.3 Å². The van der Waals surface area contributed by atoms with Crippen molar-refractivity contribution >= 4 is 10.9 Å². The molecule has 1 heterocycles. The molecule has 0 unspecified atom stereocenters. The fourth-order valence-corrected chi connectivity index (χ4v) is 2.52. The molecule has 0 amide bonds. The van der Waals surface area contributed by atoms with Gasteiger partial charge in [-0.25, -0.2) is 4.98 Å². The van der Waals surface area contributed by atoms with Crippen molar-refractivity contribution in [1.29, 1.82) is 0 Å². The summed E-state index contributed by atoms with van der Waals surface area (Å²) in [5, 5.41) is 10.9. The molecule has 3 rings (SSSR count). The molecule has 0 fully saturated rings. The molecular formula is C18H17NO4. The maximum atomic E-state index is 9.99. The van der Waals surface area contributed by atoms with Crippen molar-refractivity contribution < 1.29 is 19.3 Å². The zero-order chi connectivity index (χ0) is 16.4. The number of hydrogen-bond donors (Lipinski definition) is 1. The van der Waals surface area contributed by atoms with Crippen molar-refractivity contribution in [3.63, 3.8) is 0 Å². The SMILES string of the molecule is COc1cc(-c2ccc3cccc(O)c3n2)cc(OC)c1OC. The first-order valence-corrected chi connectivity index (χ1v) is 7.07. The van der Waals surface area contributed by atoms with Gasteiger partial charge in [-0.15, -0.1) is 0 Å². The number of aromatic hydroxyl groups is 1. The Hall–Kier alpha value is -2.95. The second-order valence-corrected chi connectivity index (χ2v) is 4.96. The van der Waals surface area contributed by atoms with Crippen LogP contribution in [0.3, 0.4) is 0 Å². The molecule has 118 valence electrons. The third-order valence-electron chi connectivity index (χ3n) is 3.66. The third-order valence-corrected chi connectivity index (χ3v) is 3.66. The van der Waals surface area contributed by atoms with E-state index in [0.29, 0.717) is 28.5 Å². The molecule has 0 bridgehead atoms. The lowest BCUT2D eigenvalue weighted by molar-refractivity contribution is 0.324. The van der Waals surface area contributed by atoms with E-state index in [9.17, 15) is 5.11 Å². The molecule has 5 heteroatoms. The molecule has 0 saturated heterocycles. The fraction of sp³-hybridized carbons (Fsp3) is 0.167. The van der Waals surface area contributed by atoms with Crippen LogP contribution < -0.4 is 14.2 Å². The molecule has 0 aliphatic carbocycles. The number of hydrogen-bond acceptors (Lipinski definition) is 5. The van der Waals surface area contributed by atoms with Crippen molar-refractivity contribution in [2.75, 3.05) is 21.3 Å². The van der Waals surface area contributed by atoms with Crippen LogP contribution in [-0.2, 0) is 0 Å². The molecule has 1 N–H and O–H groups in total. The van der Waals surface area contributed by atoms with E-state index >= 15 is 0 Å². The predicted molar refractivity (Wildman–Crippen MR) is 88.5 cm³/mol. The van der Waals surface area contributed by atoms with Gasteiger partial charge in [0.1, 0.15) is 11.3 Å². The highest BCUT2D eigenvalue weighted by molar-refractivity contribution is 5.86. The van der Waals surface area contributed by atoms with Gasteiger partial charge < -0.3 is 19.3 Å². The van der Waals surface area contributed by atoms with Crippen LogP contribution in [0.1, 0.15) is 0 Å². The van der Waals surface area contributed by atoms with Crippen LogP contribution in [0.2, 0.25) is 0 Å². The maximum absolute atomic E-state index is 9.99. The Labute approximate surface area is 134 Å². The van der Waals surface area contributed by atoms with E-state index in [-0.39, 0.29) is 5.75 Å². The van der Waals surface area contributed by atoms with E-state index in [4.69, 9.17) is 14.2 Å². The lowest BCUT2D eigenvalue weighted by Crippen LogP contribution is -1.96. The minimum Gasteiger partial charge on any atom is -0.506 e. The minimum absolute atomic E-state index is 0.150. The Morgan fingerprint density at radius 1 is 0.870 bits per heavy atom. The number of phenols is 1. The number of pyridine rings is 1. The largest absolute Gasteiger partial charge is 0.506 e. The van der Waals surface area contributed by atoms with Crippen LogP contribution in [0, 0.1) is 0 Å². The fourth-order valence-electron chi connectivity index (χ4n) is 2.52. The Morgan fingerprint density at radius 2 is 1.57 bits per heavy atom. The van der Waals surface area contributed by atoms with Crippen molar-refractivity contribution in [1.82, 2.24) is 4.98 Å². The van der Waals surface area contributed by atoms with Crippen LogP contribution in [0.25, 0.3) is 22.2 Å². The Balaban J connectivity index is 2.20. The molecule has 1 aromatic heterocycles. The number of methoxy groups -OCH3 is 3. The van der Waals surface area contributed by atoms with Gasteiger partial charge in [-0.1, -0.05) is 18.2 Å². The molecule has 2 aromatic carbocycles. The molecular weight excluding hydrogens is 294 g/mol. The number of phenolic OH excluding ortho intramolecular Hbond substituents is 1. The summed E-state index contributed by atoms with van der Waals surface area (Å²) in [4.78, 5) is 4.55. The highest BCUT2D eigenvalue weighted by Gasteiger charge is 2.15. The number of fused-ring (bicyclic) bond motifs is 1. The molecule has 0 atom stereocenters. The van der Waals surface area contributed by atoms with Gasteiger partial charge >= 0.3 is 0 Å². The van der Waals surface area contributed by atoms with Crippen LogP contribution in [0.15, 0.2) is 42.5 Å². The summed E-state index contributed by atoms with van der Waals surface area (Å²) in [6.45, 7) is 0. The number of ether oxygens (including phenoxy) is 3. The summed E-state index contributed by atoms with van der Waals surface area (Å²) < 4.78 is 16.1. The van der Waals surface area contributed by atoms with Gasteiger partial charge in [0.05, 0.1) is 27.0 Å². The second kappa shape index (κ2) is 6.04. The number of rotatable bonds is 4. The molecule has 0 aliphatic rings. The average Bonchev–Trinajstić information content (AvgIpc) is 2.60.